The third kappa shape index (κ3) is 2.87. The summed E-state index contributed by atoms with van der Waals surface area (Å²) in [5.41, 5.74) is 5.17. The minimum Gasteiger partial charge on any atom is -0.337 e. The fourth-order valence-corrected chi connectivity index (χ4v) is 2.20. The third-order valence-electron chi connectivity index (χ3n) is 3.13. The van der Waals surface area contributed by atoms with Gasteiger partial charge in [0.15, 0.2) is 0 Å². The minimum atomic E-state index is -0.750. The van der Waals surface area contributed by atoms with E-state index in [0.29, 0.717) is 13.1 Å². The molecule has 0 bridgehead atoms. The highest BCUT2D eigenvalue weighted by atomic mass is 19.1. The van der Waals surface area contributed by atoms with Crippen molar-refractivity contribution in [2.24, 2.45) is 5.73 Å². The van der Waals surface area contributed by atoms with Crippen LogP contribution in [0.1, 0.15) is 23.2 Å². The molecule has 1 unspecified atom stereocenters. The number of amides is 1. The number of carbonyl (C=O) groups is 1. The number of hydrogen-bond donors (Lipinski definition) is 1. The predicted octanol–water partition coefficient (Wildman–Crippen LogP) is 1.30. The van der Waals surface area contributed by atoms with Gasteiger partial charge >= 0.3 is 0 Å². The van der Waals surface area contributed by atoms with E-state index in [2.05, 4.69) is 0 Å². The first-order valence-electron chi connectivity index (χ1n) is 5.98. The number of nitrogens with two attached hydrogens (primary N) is 1. The molecule has 2 N–H and O–H groups in total. The van der Waals surface area contributed by atoms with Crippen molar-refractivity contribution in [1.29, 1.82) is 0 Å². The second-order valence-corrected chi connectivity index (χ2v) is 4.57. The highest BCUT2D eigenvalue weighted by Gasteiger charge is 2.28. The molecule has 1 aliphatic rings. The number of halogens is 1. The van der Waals surface area contributed by atoms with Gasteiger partial charge in [-0.2, -0.15) is 0 Å². The normalized spacial score (nSPS) is 19.3. The molecule has 1 aromatic rings. The van der Waals surface area contributed by atoms with E-state index < -0.39 is 22.3 Å². The van der Waals surface area contributed by atoms with Gasteiger partial charge in [-0.1, -0.05) is 0 Å². The Labute approximate surface area is 109 Å². The first-order valence-corrected chi connectivity index (χ1v) is 5.98. The van der Waals surface area contributed by atoms with E-state index in [9.17, 15) is 19.3 Å². The van der Waals surface area contributed by atoms with Crippen LogP contribution in [0.2, 0.25) is 0 Å². The smallest absolute Gasteiger partial charge is 0.285 e. The van der Waals surface area contributed by atoms with Gasteiger partial charge in [-0.25, -0.2) is 4.39 Å². The fraction of sp³-hybridized carbons (Fsp3) is 0.417. The summed E-state index contributed by atoms with van der Waals surface area (Å²) >= 11 is 0. The zero-order chi connectivity index (χ0) is 14.0. The standard InChI is InChI=1S/C12H14FN3O3/c13-8-3-4-10(11(6-8)16(18)19)12(17)15-5-1-2-9(14)7-15/h3-4,6,9H,1-2,5,7,14H2. The summed E-state index contributed by atoms with van der Waals surface area (Å²) in [7, 11) is 0. The summed E-state index contributed by atoms with van der Waals surface area (Å²) in [6.45, 7) is 0.883. The number of carbonyl (C=O) groups excluding carboxylic acids is 1. The van der Waals surface area contributed by atoms with Crippen LogP contribution >= 0.6 is 0 Å². The fourth-order valence-electron chi connectivity index (χ4n) is 2.20. The van der Waals surface area contributed by atoms with E-state index in [4.69, 9.17) is 5.73 Å². The zero-order valence-corrected chi connectivity index (χ0v) is 10.2. The van der Waals surface area contributed by atoms with Gasteiger partial charge in [-0.15, -0.1) is 0 Å². The Morgan fingerprint density at radius 2 is 2.26 bits per heavy atom. The van der Waals surface area contributed by atoms with E-state index in [1.807, 2.05) is 0 Å². The summed E-state index contributed by atoms with van der Waals surface area (Å²) < 4.78 is 13.0. The Kier molecular flexibility index (Phi) is 3.75. The average Bonchev–Trinajstić information content (AvgIpc) is 2.37. The second kappa shape index (κ2) is 5.31. The van der Waals surface area contributed by atoms with E-state index >= 15 is 0 Å². The maximum absolute atomic E-state index is 13.0. The lowest BCUT2D eigenvalue weighted by molar-refractivity contribution is -0.385. The van der Waals surface area contributed by atoms with Crippen LogP contribution in [0.15, 0.2) is 18.2 Å². The lowest BCUT2D eigenvalue weighted by Crippen LogP contribution is -2.45. The summed E-state index contributed by atoms with van der Waals surface area (Å²) in [4.78, 5) is 23.8. The van der Waals surface area contributed by atoms with Crippen molar-refractivity contribution in [3.05, 3.63) is 39.7 Å². The van der Waals surface area contributed by atoms with Crippen LogP contribution in [0.4, 0.5) is 10.1 Å². The van der Waals surface area contributed by atoms with Crippen molar-refractivity contribution < 1.29 is 14.1 Å². The number of benzene rings is 1. The largest absolute Gasteiger partial charge is 0.337 e. The summed E-state index contributed by atoms with van der Waals surface area (Å²) in [5.74, 6) is -1.21. The molecular weight excluding hydrogens is 253 g/mol. The van der Waals surface area contributed by atoms with Crippen LogP contribution in [-0.2, 0) is 0 Å². The van der Waals surface area contributed by atoms with Gasteiger partial charge < -0.3 is 10.6 Å². The monoisotopic (exact) mass is 267 g/mol. The van der Waals surface area contributed by atoms with Crippen LogP contribution in [0.3, 0.4) is 0 Å². The van der Waals surface area contributed by atoms with Crippen LogP contribution in [-0.4, -0.2) is 34.9 Å². The number of nitro groups is 1. The van der Waals surface area contributed by atoms with Gasteiger partial charge in [-0.05, 0) is 25.0 Å². The highest BCUT2D eigenvalue weighted by molar-refractivity contribution is 5.98. The van der Waals surface area contributed by atoms with Gasteiger partial charge in [-0.3, -0.25) is 14.9 Å². The molecule has 102 valence electrons. The molecule has 6 nitrogen and oxygen atoms in total. The second-order valence-electron chi connectivity index (χ2n) is 4.57. The molecule has 1 atom stereocenters. The SMILES string of the molecule is NC1CCCN(C(=O)c2ccc(F)cc2[N+](=O)[O-])C1. The molecule has 1 heterocycles. The molecule has 1 aliphatic heterocycles. The Bertz CT molecular complexity index is 521. The molecule has 0 aliphatic carbocycles. The molecular formula is C12H14FN3O3. The van der Waals surface area contributed by atoms with E-state index in [0.717, 1.165) is 31.0 Å². The van der Waals surface area contributed by atoms with Gasteiger partial charge in [0.2, 0.25) is 0 Å². The summed E-state index contributed by atoms with van der Waals surface area (Å²) in [6.07, 6.45) is 1.59. The number of likely N-dealkylation sites (tertiary alicyclic amines) is 1. The molecule has 7 heteroatoms. The van der Waals surface area contributed by atoms with Crippen molar-refractivity contribution >= 4 is 11.6 Å². The molecule has 1 fully saturated rings. The molecule has 19 heavy (non-hydrogen) atoms. The van der Waals surface area contributed by atoms with E-state index in [-0.39, 0.29) is 11.6 Å². The Balaban J connectivity index is 2.30. The van der Waals surface area contributed by atoms with Crippen molar-refractivity contribution in [3.8, 4) is 0 Å². The Morgan fingerprint density at radius 1 is 1.53 bits per heavy atom. The van der Waals surface area contributed by atoms with Gasteiger partial charge in [0, 0.05) is 19.1 Å². The molecule has 1 aromatic carbocycles. The number of piperidine rings is 1. The van der Waals surface area contributed by atoms with Gasteiger partial charge in [0.1, 0.15) is 11.4 Å². The number of hydrogen-bond acceptors (Lipinski definition) is 4. The van der Waals surface area contributed by atoms with E-state index in [1.165, 1.54) is 4.90 Å². The summed E-state index contributed by atoms with van der Waals surface area (Å²) in [6, 6.07) is 2.84. The zero-order valence-electron chi connectivity index (χ0n) is 10.2. The lowest BCUT2D eigenvalue weighted by Gasteiger charge is -2.30. The highest BCUT2D eigenvalue weighted by Crippen LogP contribution is 2.22. The number of nitro benzene ring substituents is 1. The van der Waals surface area contributed by atoms with Crippen molar-refractivity contribution in [2.75, 3.05) is 13.1 Å². The van der Waals surface area contributed by atoms with Gasteiger partial charge in [0.05, 0.1) is 11.0 Å². The molecule has 0 aromatic heterocycles. The quantitative estimate of drug-likeness (QED) is 0.646. The topological polar surface area (TPSA) is 89.5 Å². The van der Waals surface area contributed by atoms with Crippen molar-refractivity contribution in [1.82, 2.24) is 4.90 Å². The summed E-state index contributed by atoms with van der Waals surface area (Å²) in [5, 5.41) is 10.9. The maximum atomic E-state index is 13.0. The van der Waals surface area contributed by atoms with Crippen LogP contribution in [0.5, 0.6) is 0 Å². The first kappa shape index (κ1) is 13.4. The molecule has 0 spiro atoms. The molecule has 1 amide bonds. The van der Waals surface area contributed by atoms with Crippen molar-refractivity contribution in [3.63, 3.8) is 0 Å². The first-order chi connectivity index (χ1) is 8.99. The third-order valence-corrected chi connectivity index (χ3v) is 3.13. The average molecular weight is 267 g/mol. The number of rotatable bonds is 2. The molecule has 0 saturated carbocycles. The van der Waals surface area contributed by atoms with Crippen molar-refractivity contribution in [2.45, 2.75) is 18.9 Å². The van der Waals surface area contributed by atoms with Crippen LogP contribution < -0.4 is 5.73 Å². The maximum Gasteiger partial charge on any atom is 0.285 e. The molecule has 1 saturated heterocycles. The number of nitrogens with zero attached hydrogens (tertiary/aromatic N) is 2. The van der Waals surface area contributed by atoms with Crippen LogP contribution in [0.25, 0.3) is 0 Å². The molecule has 0 radical (unpaired) electrons. The predicted molar refractivity (Wildman–Crippen MR) is 66.2 cm³/mol. The Hall–Kier alpha value is -2.02. The van der Waals surface area contributed by atoms with Gasteiger partial charge in [0.25, 0.3) is 11.6 Å². The van der Waals surface area contributed by atoms with Crippen LogP contribution in [0, 0.1) is 15.9 Å². The lowest BCUT2D eigenvalue weighted by atomic mass is 10.0. The molecule has 2 rings (SSSR count). The Morgan fingerprint density at radius 3 is 2.89 bits per heavy atom. The minimum absolute atomic E-state index is 0.0968. The van der Waals surface area contributed by atoms with E-state index in [1.54, 1.807) is 0 Å².